The van der Waals surface area contributed by atoms with Gasteiger partial charge in [0.1, 0.15) is 0 Å². The molecule has 1 unspecified atom stereocenters. The zero-order valence-corrected chi connectivity index (χ0v) is 16.0. The maximum Gasteiger partial charge on any atom is 0.321 e. The van der Waals surface area contributed by atoms with Crippen molar-refractivity contribution in [3.63, 3.8) is 0 Å². The van der Waals surface area contributed by atoms with Gasteiger partial charge >= 0.3 is 6.03 Å². The van der Waals surface area contributed by atoms with Crippen LogP contribution < -0.4 is 10.6 Å². The van der Waals surface area contributed by atoms with E-state index in [9.17, 15) is 9.59 Å². The summed E-state index contributed by atoms with van der Waals surface area (Å²) in [5.74, 6) is 0.256. The van der Waals surface area contributed by atoms with E-state index in [1.807, 2.05) is 55.5 Å². The Hall–Kier alpha value is -2.82. The van der Waals surface area contributed by atoms with E-state index < -0.39 is 0 Å². The fraction of sp³-hybridized carbons (Fsp3) is 0.364. The molecule has 0 radical (unpaired) electrons. The lowest BCUT2D eigenvalue weighted by molar-refractivity contribution is -0.122. The van der Waals surface area contributed by atoms with Gasteiger partial charge in [-0.15, -0.1) is 0 Å². The largest absolute Gasteiger partial charge is 0.352 e. The monoisotopic (exact) mass is 365 g/mol. The van der Waals surface area contributed by atoms with E-state index in [2.05, 4.69) is 17.6 Å². The second kappa shape index (κ2) is 8.71. The molecule has 0 bridgehead atoms. The lowest BCUT2D eigenvalue weighted by Gasteiger charge is -2.18. The maximum absolute atomic E-state index is 12.5. The van der Waals surface area contributed by atoms with E-state index in [1.54, 1.807) is 4.90 Å². The molecule has 1 atom stereocenters. The number of hydrogen-bond acceptors (Lipinski definition) is 2. The van der Waals surface area contributed by atoms with Crippen LogP contribution in [-0.4, -0.2) is 29.9 Å². The number of nitrogens with zero attached hydrogens (tertiary/aromatic N) is 1. The highest BCUT2D eigenvalue weighted by atomic mass is 16.2. The summed E-state index contributed by atoms with van der Waals surface area (Å²) in [5.41, 5.74) is 4.26. The molecule has 0 aliphatic carbocycles. The first-order chi connectivity index (χ1) is 13.0. The Balaban J connectivity index is 1.44. The number of nitrogens with one attached hydrogen (secondary N) is 2. The third-order valence-electron chi connectivity index (χ3n) is 5.14. The third kappa shape index (κ3) is 5.33. The minimum Gasteiger partial charge on any atom is -0.352 e. The minimum atomic E-state index is -0.0922. The van der Waals surface area contributed by atoms with E-state index in [0.29, 0.717) is 26.1 Å². The summed E-state index contributed by atoms with van der Waals surface area (Å²) in [6, 6.07) is 15.7. The van der Waals surface area contributed by atoms with Crippen molar-refractivity contribution >= 4 is 17.6 Å². The standard InChI is InChI=1S/C22H27N3O2/c1-16-8-9-20(12-17(16)2)24-22(27)25-11-10-19(15-25)13-21(26)23-14-18-6-4-3-5-7-18/h3-9,12,19H,10-11,13-15H2,1-2H3,(H,23,26)(H,24,27). The molecule has 5 nitrogen and oxygen atoms in total. The Bertz CT molecular complexity index is 804. The number of urea groups is 1. The zero-order valence-electron chi connectivity index (χ0n) is 16.0. The molecule has 0 aromatic heterocycles. The highest BCUT2D eigenvalue weighted by Gasteiger charge is 2.27. The number of amides is 3. The SMILES string of the molecule is Cc1ccc(NC(=O)N2CCC(CC(=O)NCc3ccccc3)C2)cc1C. The van der Waals surface area contributed by atoms with E-state index in [4.69, 9.17) is 0 Å². The summed E-state index contributed by atoms with van der Waals surface area (Å²) >= 11 is 0. The Morgan fingerprint density at radius 3 is 2.59 bits per heavy atom. The number of rotatable bonds is 5. The van der Waals surface area contributed by atoms with Crippen LogP contribution in [0.3, 0.4) is 0 Å². The number of benzene rings is 2. The van der Waals surface area contributed by atoms with Crippen molar-refractivity contribution in [2.75, 3.05) is 18.4 Å². The molecule has 1 aliphatic heterocycles. The Morgan fingerprint density at radius 2 is 1.85 bits per heavy atom. The molecule has 2 aromatic carbocycles. The molecule has 2 N–H and O–H groups in total. The quantitative estimate of drug-likeness (QED) is 0.845. The summed E-state index contributed by atoms with van der Waals surface area (Å²) in [7, 11) is 0. The summed E-state index contributed by atoms with van der Waals surface area (Å²) in [5, 5.41) is 5.92. The van der Waals surface area contributed by atoms with Crippen molar-refractivity contribution in [1.82, 2.24) is 10.2 Å². The predicted molar refractivity (Wildman–Crippen MR) is 108 cm³/mol. The van der Waals surface area contributed by atoms with Gasteiger partial charge in [0.2, 0.25) is 5.91 Å². The second-order valence-electron chi connectivity index (χ2n) is 7.30. The summed E-state index contributed by atoms with van der Waals surface area (Å²) in [4.78, 5) is 26.4. The van der Waals surface area contributed by atoms with Crippen molar-refractivity contribution in [3.8, 4) is 0 Å². The zero-order chi connectivity index (χ0) is 19.2. The molecule has 1 aliphatic rings. The molecule has 142 valence electrons. The molecular formula is C22H27N3O2. The van der Waals surface area contributed by atoms with Crippen LogP contribution in [0.1, 0.15) is 29.5 Å². The van der Waals surface area contributed by atoms with Gasteiger partial charge in [0.05, 0.1) is 0 Å². The van der Waals surface area contributed by atoms with Gasteiger partial charge in [-0.1, -0.05) is 36.4 Å². The molecule has 3 amide bonds. The van der Waals surface area contributed by atoms with Gasteiger partial charge in [0, 0.05) is 31.7 Å². The summed E-state index contributed by atoms with van der Waals surface area (Å²) in [6.45, 7) is 5.94. The molecule has 0 saturated carbocycles. The highest BCUT2D eigenvalue weighted by Crippen LogP contribution is 2.21. The number of carbonyl (C=O) groups is 2. The average Bonchev–Trinajstić information content (AvgIpc) is 3.12. The van der Waals surface area contributed by atoms with Gasteiger partial charge in [-0.3, -0.25) is 4.79 Å². The van der Waals surface area contributed by atoms with Crippen molar-refractivity contribution in [3.05, 3.63) is 65.2 Å². The molecule has 1 heterocycles. The van der Waals surface area contributed by atoms with E-state index in [0.717, 1.165) is 23.2 Å². The number of carbonyl (C=O) groups excluding carboxylic acids is 2. The van der Waals surface area contributed by atoms with E-state index in [1.165, 1.54) is 5.56 Å². The van der Waals surface area contributed by atoms with Crippen LogP contribution in [0.5, 0.6) is 0 Å². The minimum absolute atomic E-state index is 0.0419. The summed E-state index contributed by atoms with van der Waals surface area (Å²) < 4.78 is 0. The lowest BCUT2D eigenvalue weighted by atomic mass is 10.0. The van der Waals surface area contributed by atoms with Crippen LogP contribution >= 0.6 is 0 Å². The lowest BCUT2D eigenvalue weighted by Crippen LogP contribution is -2.33. The van der Waals surface area contributed by atoms with Gasteiger partial charge in [-0.2, -0.15) is 0 Å². The fourth-order valence-electron chi connectivity index (χ4n) is 3.34. The smallest absolute Gasteiger partial charge is 0.321 e. The highest BCUT2D eigenvalue weighted by molar-refractivity contribution is 5.89. The van der Waals surface area contributed by atoms with Crippen molar-refractivity contribution in [2.24, 2.45) is 5.92 Å². The fourth-order valence-corrected chi connectivity index (χ4v) is 3.34. The predicted octanol–water partition coefficient (Wildman–Crippen LogP) is 3.86. The van der Waals surface area contributed by atoms with Crippen LogP contribution in [0.15, 0.2) is 48.5 Å². The average molecular weight is 365 g/mol. The van der Waals surface area contributed by atoms with Crippen molar-refractivity contribution in [2.45, 2.75) is 33.2 Å². The van der Waals surface area contributed by atoms with Gasteiger partial charge in [-0.25, -0.2) is 4.79 Å². The van der Waals surface area contributed by atoms with E-state index >= 15 is 0 Å². The van der Waals surface area contributed by atoms with E-state index in [-0.39, 0.29) is 17.9 Å². The third-order valence-corrected chi connectivity index (χ3v) is 5.14. The van der Waals surface area contributed by atoms with Crippen LogP contribution in [0.25, 0.3) is 0 Å². The van der Waals surface area contributed by atoms with Crippen molar-refractivity contribution < 1.29 is 9.59 Å². The first-order valence-corrected chi connectivity index (χ1v) is 9.45. The van der Waals surface area contributed by atoms with Crippen molar-refractivity contribution in [1.29, 1.82) is 0 Å². The molecule has 27 heavy (non-hydrogen) atoms. The van der Waals surface area contributed by atoms with Gasteiger partial charge in [-0.05, 0) is 55.0 Å². The molecule has 0 spiro atoms. The molecular weight excluding hydrogens is 338 g/mol. The first-order valence-electron chi connectivity index (χ1n) is 9.45. The Morgan fingerprint density at radius 1 is 1.07 bits per heavy atom. The van der Waals surface area contributed by atoms with Gasteiger partial charge in [0.15, 0.2) is 0 Å². The molecule has 5 heteroatoms. The maximum atomic E-state index is 12.5. The first kappa shape index (κ1) is 19.0. The number of anilines is 1. The molecule has 3 rings (SSSR count). The number of likely N-dealkylation sites (tertiary alicyclic amines) is 1. The molecule has 2 aromatic rings. The normalized spacial score (nSPS) is 16.2. The van der Waals surface area contributed by atoms with Crippen LogP contribution in [0.4, 0.5) is 10.5 Å². The topological polar surface area (TPSA) is 61.4 Å². The Labute approximate surface area is 160 Å². The number of aryl methyl sites for hydroxylation is 2. The van der Waals surface area contributed by atoms with Crippen LogP contribution in [0, 0.1) is 19.8 Å². The summed E-state index contributed by atoms with van der Waals surface area (Å²) in [6.07, 6.45) is 1.32. The van der Waals surface area contributed by atoms with Gasteiger partial charge < -0.3 is 15.5 Å². The molecule has 1 saturated heterocycles. The second-order valence-corrected chi connectivity index (χ2v) is 7.30. The van der Waals surface area contributed by atoms with Gasteiger partial charge in [0.25, 0.3) is 0 Å². The number of hydrogen-bond donors (Lipinski definition) is 2. The van der Waals surface area contributed by atoms with Crippen LogP contribution in [-0.2, 0) is 11.3 Å². The van der Waals surface area contributed by atoms with Crippen LogP contribution in [0.2, 0.25) is 0 Å². The Kier molecular flexibility index (Phi) is 6.12. The molecule has 1 fully saturated rings.